The average molecular weight is 786 g/mol. The quantitative estimate of drug-likeness (QED) is 0.161. The predicted molar refractivity (Wildman–Crippen MR) is 255 cm³/mol. The van der Waals surface area contributed by atoms with E-state index >= 15 is 0 Å². The summed E-state index contributed by atoms with van der Waals surface area (Å²) in [4.78, 5) is 2.44. The van der Waals surface area contributed by atoms with Gasteiger partial charge in [0.1, 0.15) is 22.3 Å². The summed E-state index contributed by atoms with van der Waals surface area (Å²) in [6.45, 7) is 0. The highest BCUT2D eigenvalue weighted by Gasteiger charge is 2.23. The van der Waals surface area contributed by atoms with Gasteiger partial charge in [-0.2, -0.15) is 0 Å². The van der Waals surface area contributed by atoms with Crippen LogP contribution >= 0.6 is 0 Å². The minimum atomic E-state index is 0.576. The number of furan rings is 2. The van der Waals surface area contributed by atoms with Crippen molar-refractivity contribution >= 4 is 71.7 Å². The first-order chi connectivity index (χ1) is 30.2. The maximum Gasteiger partial charge on any atom is 0.136 e. The smallest absolute Gasteiger partial charge is 0.136 e. The van der Waals surface area contributed by atoms with Crippen LogP contribution in [-0.4, -0.2) is 0 Å². The van der Waals surface area contributed by atoms with E-state index < -0.39 is 0 Å². The minimum Gasteiger partial charge on any atom is -0.456 e. The van der Waals surface area contributed by atoms with Crippen molar-refractivity contribution < 1.29 is 8.83 Å². The highest BCUT2D eigenvalue weighted by atomic mass is 16.3. The van der Waals surface area contributed by atoms with Crippen LogP contribution in [0.25, 0.3) is 88.0 Å². The molecule has 0 aliphatic heterocycles. The molecule has 0 amide bonds. The summed E-state index contributed by atoms with van der Waals surface area (Å²) in [7, 11) is 0. The molecule has 0 spiro atoms. The van der Waals surface area contributed by atoms with Gasteiger partial charge in [-0.3, -0.25) is 0 Å². The summed E-state index contributed by atoms with van der Waals surface area (Å²) in [5.41, 5.74) is 15.4. The summed E-state index contributed by atoms with van der Waals surface area (Å²) >= 11 is 0. The average Bonchev–Trinajstić information content (AvgIpc) is 3.90. The van der Waals surface area contributed by atoms with Crippen LogP contribution in [0.2, 0.25) is 0 Å². The lowest BCUT2D eigenvalue weighted by Crippen LogP contribution is -2.11. The summed E-state index contributed by atoms with van der Waals surface area (Å²) < 4.78 is 12.7. The zero-order chi connectivity index (χ0) is 40.3. The van der Waals surface area contributed by atoms with Crippen molar-refractivity contribution in [1.29, 1.82) is 0 Å². The van der Waals surface area contributed by atoms with Crippen molar-refractivity contribution in [1.82, 2.24) is 0 Å². The van der Waals surface area contributed by atoms with Gasteiger partial charge in [-0.15, -0.1) is 0 Å². The van der Waals surface area contributed by atoms with Gasteiger partial charge in [-0.25, -0.2) is 0 Å². The van der Waals surface area contributed by atoms with Gasteiger partial charge >= 0.3 is 0 Å². The number of rotatable bonds is 7. The molecule has 2 heterocycles. The van der Waals surface area contributed by atoms with Crippen molar-refractivity contribution in [3.8, 4) is 33.4 Å². The number of nitrogens with zero attached hydrogens (tertiary/aromatic N) is 1. The summed E-state index contributed by atoms with van der Waals surface area (Å²) in [6.07, 6.45) is 6.44. The van der Waals surface area contributed by atoms with E-state index in [1.54, 1.807) is 0 Å². The molecule has 0 atom stereocenters. The molecule has 3 heteroatoms. The Morgan fingerprint density at radius 2 is 1.00 bits per heavy atom. The number of benzene rings is 9. The second kappa shape index (κ2) is 14.7. The second-order valence-corrected chi connectivity index (χ2v) is 16.6. The monoisotopic (exact) mass is 785 g/mol. The Kier molecular flexibility index (Phi) is 8.59. The number of hydrogen-bond acceptors (Lipinski definition) is 3. The molecule has 12 rings (SSSR count). The van der Waals surface area contributed by atoms with Gasteiger partial charge in [0.2, 0.25) is 0 Å². The third kappa shape index (κ3) is 6.11. The lowest BCUT2D eigenvalue weighted by atomic mass is 9.80. The topological polar surface area (TPSA) is 29.5 Å². The Hall–Kier alpha value is -7.36. The van der Waals surface area contributed by atoms with E-state index in [1.165, 1.54) is 59.6 Å². The van der Waals surface area contributed by atoms with E-state index in [2.05, 4.69) is 181 Å². The molecule has 292 valence electrons. The molecule has 0 bridgehead atoms. The number of para-hydroxylation sites is 3. The van der Waals surface area contributed by atoms with E-state index in [9.17, 15) is 0 Å². The number of fused-ring (bicyclic) bond motifs is 7. The first-order valence-electron chi connectivity index (χ1n) is 21.7. The molecule has 9 aromatic carbocycles. The van der Waals surface area contributed by atoms with E-state index in [-0.39, 0.29) is 0 Å². The van der Waals surface area contributed by atoms with Gasteiger partial charge in [-0.05, 0) is 124 Å². The van der Waals surface area contributed by atoms with Crippen LogP contribution in [0.1, 0.15) is 43.6 Å². The Morgan fingerprint density at radius 1 is 0.377 bits per heavy atom. The van der Waals surface area contributed by atoms with E-state index in [0.29, 0.717) is 5.92 Å². The predicted octanol–water partition coefficient (Wildman–Crippen LogP) is 17.2. The van der Waals surface area contributed by atoms with Crippen LogP contribution in [0.4, 0.5) is 17.1 Å². The maximum absolute atomic E-state index is 6.36. The molecule has 0 unspecified atom stereocenters. The van der Waals surface area contributed by atoms with Crippen LogP contribution in [0, 0.1) is 0 Å². The van der Waals surface area contributed by atoms with Crippen LogP contribution in [-0.2, 0) is 0 Å². The largest absolute Gasteiger partial charge is 0.456 e. The molecule has 3 nitrogen and oxygen atoms in total. The molecular formula is C58H43NO2. The molecule has 61 heavy (non-hydrogen) atoms. The Labute approximate surface area is 355 Å². The lowest BCUT2D eigenvalue weighted by molar-refractivity contribution is 0.445. The molecule has 1 aliphatic rings. The van der Waals surface area contributed by atoms with Gasteiger partial charge < -0.3 is 13.7 Å². The van der Waals surface area contributed by atoms with Crippen molar-refractivity contribution in [2.75, 3.05) is 4.90 Å². The second-order valence-electron chi connectivity index (χ2n) is 16.6. The van der Waals surface area contributed by atoms with Crippen LogP contribution in [0.3, 0.4) is 0 Å². The van der Waals surface area contributed by atoms with Gasteiger partial charge in [0, 0.05) is 38.5 Å². The molecule has 1 fully saturated rings. The molecule has 2 aromatic heterocycles. The van der Waals surface area contributed by atoms with Crippen molar-refractivity contribution in [2.45, 2.75) is 38.0 Å². The third-order valence-electron chi connectivity index (χ3n) is 13.1. The minimum absolute atomic E-state index is 0.576. The molecule has 0 saturated heterocycles. The third-order valence-corrected chi connectivity index (χ3v) is 13.1. The van der Waals surface area contributed by atoms with Crippen molar-refractivity contribution in [2.24, 2.45) is 0 Å². The molecular weight excluding hydrogens is 743 g/mol. The maximum atomic E-state index is 6.36. The van der Waals surface area contributed by atoms with E-state index in [1.807, 2.05) is 18.2 Å². The summed E-state index contributed by atoms with van der Waals surface area (Å²) in [5.74, 6) is 0.576. The van der Waals surface area contributed by atoms with E-state index in [4.69, 9.17) is 8.83 Å². The molecule has 11 aromatic rings. The fraction of sp³-hybridized carbons (Fsp3) is 0.103. The fourth-order valence-electron chi connectivity index (χ4n) is 10.2. The highest BCUT2D eigenvalue weighted by molar-refractivity contribution is 6.12. The Bertz CT molecular complexity index is 3410. The molecule has 1 saturated carbocycles. The number of anilines is 3. The lowest BCUT2D eigenvalue weighted by Gasteiger charge is -2.29. The zero-order valence-electron chi connectivity index (χ0n) is 33.9. The standard InChI is InChI=1S/C58H43NO2/c1-2-14-38(15-3-1)45-23-11-16-40-17-12-25-50(57(40)45)47-20-4-7-26-52(47)59(43-33-30-39(31-34-43)46-24-13-29-55-58(46)51-22-6-9-28-54(51)60-55)44-19-10-18-41(36-44)42-32-35-49-48-21-5-8-27-53(48)61-56(49)37-42/h4-13,16-38H,1-3,14-15H2. The Morgan fingerprint density at radius 3 is 1.87 bits per heavy atom. The summed E-state index contributed by atoms with van der Waals surface area (Å²) in [5, 5.41) is 7.23. The first kappa shape index (κ1) is 35.6. The first-order valence-corrected chi connectivity index (χ1v) is 21.7. The highest BCUT2D eigenvalue weighted by Crippen LogP contribution is 2.47. The molecule has 0 radical (unpaired) electrons. The molecule has 0 N–H and O–H groups in total. The van der Waals surface area contributed by atoms with Crippen molar-refractivity contribution in [3.05, 3.63) is 200 Å². The van der Waals surface area contributed by atoms with Gasteiger partial charge in [0.05, 0.1) is 5.69 Å². The van der Waals surface area contributed by atoms with Gasteiger partial charge in [0.25, 0.3) is 0 Å². The normalized spacial score (nSPS) is 13.5. The summed E-state index contributed by atoms with van der Waals surface area (Å²) in [6, 6.07) is 70.4. The Balaban J connectivity index is 1.03. The van der Waals surface area contributed by atoms with Crippen LogP contribution < -0.4 is 4.90 Å². The van der Waals surface area contributed by atoms with E-state index in [0.717, 1.165) is 83.2 Å². The van der Waals surface area contributed by atoms with Gasteiger partial charge in [0.15, 0.2) is 0 Å². The zero-order valence-corrected chi connectivity index (χ0v) is 33.9. The number of hydrogen-bond donors (Lipinski definition) is 0. The van der Waals surface area contributed by atoms with Crippen LogP contribution in [0.5, 0.6) is 0 Å². The van der Waals surface area contributed by atoms with Gasteiger partial charge in [-0.1, -0.05) is 153 Å². The fourth-order valence-corrected chi connectivity index (χ4v) is 10.2. The van der Waals surface area contributed by atoms with Crippen LogP contribution in [0.15, 0.2) is 203 Å². The molecule has 1 aliphatic carbocycles. The SMILES string of the molecule is c1cc(-c2ccc3c(c2)oc2ccccc23)cc(N(c2ccc(-c3cccc4oc5ccccc5c34)cc2)c2ccccc2-c2cccc3cccc(C4CCCCC4)c23)c1. The van der Waals surface area contributed by atoms with Crippen molar-refractivity contribution in [3.63, 3.8) is 0 Å².